The normalized spacial score (nSPS) is 20.5. The van der Waals surface area contributed by atoms with Gasteiger partial charge in [0.1, 0.15) is 0 Å². The molecule has 2 aromatic rings. The van der Waals surface area contributed by atoms with Crippen molar-refractivity contribution in [3.8, 4) is 5.69 Å². The van der Waals surface area contributed by atoms with Gasteiger partial charge in [0.05, 0.1) is 35.8 Å². The van der Waals surface area contributed by atoms with Gasteiger partial charge in [-0.2, -0.15) is 5.10 Å². The van der Waals surface area contributed by atoms with E-state index in [1.807, 2.05) is 37.3 Å². The summed E-state index contributed by atoms with van der Waals surface area (Å²) in [4.78, 5) is 25.7. The highest BCUT2D eigenvalue weighted by atomic mass is 16.5. The number of hydrogen-bond acceptors (Lipinski definition) is 4. The van der Waals surface area contributed by atoms with Crippen molar-refractivity contribution in [3.05, 3.63) is 47.8 Å². The lowest BCUT2D eigenvalue weighted by atomic mass is 10.1. The third-order valence-electron chi connectivity index (χ3n) is 4.26. The monoisotopic (exact) mass is 343 g/mol. The number of carboxylic acid groups (broad SMARTS) is 1. The van der Waals surface area contributed by atoms with Crippen LogP contribution in [-0.2, 0) is 16.0 Å². The Hall–Kier alpha value is -2.67. The van der Waals surface area contributed by atoms with Crippen molar-refractivity contribution in [1.82, 2.24) is 14.7 Å². The minimum atomic E-state index is -1.06. The molecule has 2 heterocycles. The van der Waals surface area contributed by atoms with Crippen molar-refractivity contribution >= 4 is 11.9 Å². The first-order chi connectivity index (χ1) is 12.0. The number of para-hydroxylation sites is 1. The molecule has 25 heavy (non-hydrogen) atoms. The van der Waals surface area contributed by atoms with E-state index < -0.39 is 12.1 Å². The average Bonchev–Trinajstić information content (AvgIpc) is 3.05. The number of carbonyl (C=O) groups is 2. The molecule has 0 aliphatic carbocycles. The average molecular weight is 343 g/mol. The summed E-state index contributed by atoms with van der Waals surface area (Å²) < 4.78 is 7.14. The molecule has 1 aliphatic rings. The first-order valence-corrected chi connectivity index (χ1v) is 8.31. The maximum Gasteiger partial charge on any atom is 0.334 e. The number of carbonyl (C=O) groups excluding carboxylic acids is 1. The van der Waals surface area contributed by atoms with Gasteiger partial charge in [0, 0.05) is 6.54 Å². The molecular formula is C18H21N3O4. The number of nitrogens with zero attached hydrogens (tertiary/aromatic N) is 3. The van der Waals surface area contributed by atoms with E-state index in [9.17, 15) is 14.7 Å². The van der Waals surface area contributed by atoms with Crippen molar-refractivity contribution in [2.75, 3.05) is 13.1 Å². The summed E-state index contributed by atoms with van der Waals surface area (Å²) in [6.45, 7) is 4.14. The van der Waals surface area contributed by atoms with Crippen LogP contribution in [0.1, 0.15) is 29.9 Å². The van der Waals surface area contributed by atoms with Crippen LogP contribution in [0.2, 0.25) is 0 Å². The number of aromatic nitrogens is 2. The molecule has 1 saturated heterocycles. The lowest BCUT2D eigenvalue weighted by molar-refractivity contribution is -0.160. The summed E-state index contributed by atoms with van der Waals surface area (Å²) in [5.74, 6) is -1.26. The molecule has 1 amide bonds. The molecule has 7 heteroatoms. The van der Waals surface area contributed by atoms with E-state index in [4.69, 9.17) is 4.74 Å². The van der Waals surface area contributed by atoms with Crippen molar-refractivity contribution < 1.29 is 19.4 Å². The molecule has 0 radical (unpaired) electrons. The van der Waals surface area contributed by atoms with Gasteiger partial charge in [0.15, 0.2) is 6.10 Å². The molecule has 1 N–H and O–H groups in total. The van der Waals surface area contributed by atoms with Crippen LogP contribution in [0.25, 0.3) is 5.69 Å². The molecule has 1 aromatic carbocycles. The van der Waals surface area contributed by atoms with Gasteiger partial charge in [-0.1, -0.05) is 25.1 Å². The lowest BCUT2D eigenvalue weighted by Crippen LogP contribution is -2.51. The minimum Gasteiger partial charge on any atom is -0.479 e. The Morgan fingerprint density at radius 2 is 2.00 bits per heavy atom. The molecular weight excluding hydrogens is 322 g/mol. The fourth-order valence-corrected chi connectivity index (χ4v) is 3.11. The largest absolute Gasteiger partial charge is 0.479 e. The van der Waals surface area contributed by atoms with Crippen LogP contribution < -0.4 is 0 Å². The number of morpholine rings is 1. The third kappa shape index (κ3) is 3.41. The predicted molar refractivity (Wildman–Crippen MR) is 90.8 cm³/mol. The van der Waals surface area contributed by atoms with Gasteiger partial charge < -0.3 is 14.7 Å². The van der Waals surface area contributed by atoms with E-state index >= 15 is 0 Å². The van der Waals surface area contributed by atoms with Crippen molar-refractivity contribution in [2.24, 2.45) is 0 Å². The molecule has 132 valence electrons. The SMILES string of the molecule is CCc1c(C(=O)N2C[C@@H](C)O[C@H](C(=O)O)C2)cnn1-c1ccccc1. The van der Waals surface area contributed by atoms with Crippen LogP contribution >= 0.6 is 0 Å². The molecule has 0 saturated carbocycles. The zero-order chi connectivity index (χ0) is 18.0. The minimum absolute atomic E-state index is 0.0399. The second kappa shape index (κ2) is 7.06. The van der Waals surface area contributed by atoms with Gasteiger partial charge in [-0.05, 0) is 25.5 Å². The Labute approximate surface area is 145 Å². The molecule has 0 spiro atoms. The quantitative estimate of drug-likeness (QED) is 0.914. The Morgan fingerprint density at radius 3 is 2.64 bits per heavy atom. The van der Waals surface area contributed by atoms with Gasteiger partial charge >= 0.3 is 5.97 Å². The summed E-state index contributed by atoms with van der Waals surface area (Å²) in [6, 6.07) is 9.61. The predicted octanol–water partition coefficient (Wildman–Crippen LogP) is 1.75. The number of hydrogen-bond donors (Lipinski definition) is 1. The fraction of sp³-hybridized carbons (Fsp3) is 0.389. The van der Waals surface area contributed by atoms with Gasteiger partial charge in [-0.3, -0.25) is 4.79 Å². The van der Waals surface area contributed by atoms with Gasteiger partial charge in [0.2, 0.25) is 0 Å². The maximum absolute atomic E-state index is 13.0. The molecule has 1 fully saturated rings. The highest BCUT2D eigenvalue weighted by Crippen LogP contribution is 2.20. The van der Waals surface area contributed by atoms with Crippen molar-refractivity contribution in [1.29, 1.82) is 0 Å². The molecule has 7 nitrogen and oxygen atoms in total. The maximum atomic E-state index is 13.0. The topological polar surface area (TPSA) is 84.7 Å². The number of amides is 1. The second-order valence-electron chi connectivity index (χ2n) is 6.09. The molecule has 0 bridgehead atoms. The van der Waals surface area contributed by atoms with Gasteiger partial charge in [0.25, 0.3) is 5.91 Å². The van der Waals surface area contributed by atoms with E-state index in [1.165, 1.54) is 0 Å². The van der Waals surface area contributed by atoms with E-state index in [-0.39, 0.29) is 18.6 Å². The van der Waals surface area contributed by atoms with Crippen LogP contribution in [0.3, 0.4) is 0 Å². The number of benzene rings is 1. The Balaban J connectivity index is 1.90. The van der Waals surface area contributed by atoms with Crippen LogP contribution in [0, 0.1) is 0 Å². The van der Waals surface area contributed by atoms with E-state index in [2.05, 4.69) is 5.10 Å². The highest BCUT2D eigenvalue weighted by molar-refractivity contribution is 5.95. The summed E-state index contributed by atoms with van der Waals surface area (Å²) in [7, 11) is 0. The highest BCUT2D eigenvalue weighted by Gasteiger charge is 2.34. The van der Waals surface area contributed by atoms with Crippen LogP contribution in [0.4, 0.5) is 0 Å². The summed E-state index contributed by atoms with van der Waals surface area (Å²) in [6.07, 6.45) is 0.873. The third-order valence-corrected chi connectivity index (χ3v) is 4.26. The van der Waals surface area contributed by atoms with Crippen LogP contribution in [-0.4, -0.2) is 57.0 Å². The molecule has 1 aliphatic heterocycles. The summed E-state index contributed by atoms with van der Waals surface area (Å²) in [5.41, 5.74) is 2.20. The standard InChI is InChI=1S/C18H21N3O4/c1-3-15-14(9-19-21(15)13-7-5-4-6-8-13)17(22)20-10-12(2)25-16(11-20)18(23)24/h4-9,12,16H,3,10-11H2,1-2H3,(H,23,24)/t12-,16+/m1/s1. The van der Waals surface area contributed by atoms with E-state index in [1.54, 1.807) is 22.7 Å². The molecule has 2 atom stereocenters. The number of aliphatic carboxylic acids is 1. The molecule has 1 aromatic heterocycles. The van der Waals surface area contributed by atoms with Crippen LogP contribution in [0.15, 0.2) is 36.5 Å². The molecule has 0 unspecified atom stereocenters. The van der Waals surface area contributed by atoms with Crippen LogP contribution in [0.5, 0.6) is 0 Å². The first-order valence-electron chi connectivity index (χ1n) is 8.31. The zero-order valence-electron chi connectivity index (χ0n) is 14.3. The first kappa shape index (κ1) is 17.2. The number of ether oxygens (including phenoxy) is 1. The summed E-state index contributed by atoms with van der Waals surface area (Å²) >= 11 is 0. The number of rotatable bonds is 4. The summed E-state index contributed by atoms with van der Waals surface area (Å²) in [5, 5.41) is 13.6. The van der Waals surface area contributed by atoms with E-state index in [0.29, 0.717) is 18.5 Å². The molecule has 3 rings (SSSR count). The van der Waals surface area contributed by atoms with Crippen molar-refractivity contribution in [3.63, 3.8) is 0 Å². The fourth-order valence-electron chi connectivity index (χ4n) is 3.11. The zero-order valence-corrected chi connectivity index (χ0v) is 14.3. The Bertz CT molecular complexity index is 772. The van der Waals surface area contributed by atoms with Gasteiger partial charge in [-0.25, -0.2) is 9.48 Å². The number of carboxylic acids is 1. The van der Waals surface area contributed by atoms with Gasteiger partial charge in [-0.15, -0.1) is 0 Å². The lowest BCUT2D eigenvalue weighted by Gasteiger charge is -2.34. The Morgan fingerprint density at radius 1 is 1.28 bits per heavy atom. The second-order valence-corrected chi connectivity index (χ2v) is 6.09. The Kier molecular flexibility index (Phi) is 4.85. The van der Waals surface area contributed by atoms with E-state index in [0.717, 1.165) is 11.4 Å². The van der Waals surface area contributed by atoms with Crippen molar-refractivity contribution in [2.45, 2.75) is 32.5 Å². The smallest absolute Gasteiger partial charge is 0.334 e.